The first kappa shape index (κ1) is 21.2. The Morgan fingerprint density at radius 3 is 1.73 bits per heavy atom. The maximum atomic E-state index is 11.2. The van der Waals surface area contributed by atoms with Gasteiger partial charge in [0.2, 0.25) is 6.29 Å². The number of hydrogen-bond acceptors (Lipinski definition) is 4. The fraction of sp³-hybridized carbons (Fsp3) is 0.944. The quantitative estimate of drug-likeness (QED) is 0.216. The Labute approximate surface area is 136 Å². The molecule has 0 saturated carbocycles. The molecule has 0 aliphatic heterocycles. The largest absolute Gasteiger partial charge is 0.510 e. The average Bonchev–Trinajstić information content (AvgIpc) is 2.51. The number of methoxy groups -OCH3 is 1. The standard InChI is InChI=1S/C18H36O4/c1-4-5-6-7-8-9-10-11-12-13-14-15-16-21-18(19)22-17(2)20-3/h17H,4-16H2,1-3H3. The van der Waals surface area contributed by atoms with Crippen LogP contribution in [-0.2, 0) is 14.2 Å². The third-order valence-electron chi connectivity index (χ3n) is 3.81. The number of carbonyl (C=O) groups is 1. The van der Waals surface area contributed by atoms with E-state index in [1.54, 1.807) is 6.92 Å². The van der Waals surface area contributed by atoms with Gasteiger partial charge in [-0.05, 0) is 13.3 Å². The van der Waals surface area contributed by atoms with Gasteiger partial charge in [-0.15, -0.1) is 0 Å². The van der Waals surface area contributed by atoms with Gasteiger partial charge in [0.05, 0.1) is 6.61 Å². The lowest BCUT2D eigenvalue weighted by atomic mass is 10.1. The predicted molar refractivity (Wildman–Crippen MR) is 90.0 cm³/mol. The van der Waals surface area contributed by atoms with Crippen LogP contribution in [0.4, 0.5) is 4.79 Å². The Hall–Kier alpha value is -0.770. The van der Waals surface area contributed by atoms with Gasteiger partial charge in [-0.1, -0.05) is 77.6 Å². The van der Waals surface area contributed by atoms with Crippen molar-refractivity contribution in [2.24, 2.45) is 0 Å². The van der Waals surface area contributed by atoms with Crippen LogP contribution in [-0.4, -0.2) is 26.2 Å². The van der Waals surface area contributed by atoms with Crippen molar-refractivity contribution in [2.75, 3.05) is 13.7 Å². The average molecular weight is 316 g/mol. The summed E-state index contributed by atoms with van der Waals surface area (Å²) in [4.78, 5) is 11.2. The van der Waals surface area contributed by atoms with Gasteiger partial charge in [-0.25, -0.2) is 4.79 Å². The maximum Gasteiger partial charge on any atom is 0.510 e. The molecule has 0 amide bonds. The van der Waals surface area contributed by atoms with Crippen LogP contribution in [0.2, 0.25) is 0 Å². The minimum absolute atomic E-state index is 0.437. The van der Waals surface area contributed by atoms with Crippen LogP contribution < -0.4 is 0 Å². The van der Waals surface area contributed by atoms with Gasteiger partial charge >= 0.3 is 6.16 Å². The van der Waals surface area contributed by atoms with Crippen molar-refractivity contribution in [1.29, 1.82) is 0 Å². The molecule has 0 N–H and O–H groups in total. The van der Waals surface area contributed by atoms with E-state index >= 15 is 0 Å². The molecule has 0 saturated heterocycles. The summed E-state index contributed by atoms with van der Waals surface area (Å²) in [5.41, 5.74) is 0. The number of unbranched alkanes of at least 4 members (excludes halogenated alkanes) is 11. The highest BCUT2D eigenvalue weighted by Gasteiger charge is 2.08. The fourth-order valence-corrected chi connectivity index (χ4v) is 2.32. The van der Waals surface area contributed by atoms with Crippen LogP contribution >= 0.6 is 0 Å². The molecule has 0 aromatic carbocycles. The topological polar surface area (TPSA) is 44.8 Å². The van der Waals surface area contributed by atoms with Crippen LogP contribution in [0.15, 0.2) is 0 Å². The van der Waals surface area contributed by atoms with Crippen molar-refractivity contribution < 1.29 is 19.0 Å². The molecule has 4 heteroatoms. The SMILES string of the molecule is CCCCCCCCCCCCCCOC(=O)OC(C)OC. The summed E-state index contributed by atoms with van der Waals surface area (Å²) in [7, 11) is 1.49. The van der Waals surface area contributed by atoms with Crippen molar-refractivity contribution in [3.05, 3.63) is 0 Å². The molecule has 0 fully saturated rings. The first-order valence-electron chi connectivity index (χ1n) is 9.07. The van der Waals surface area contributed by atoms with Gasteiger partial charge in [0.15, 0.2) is 0 Å². The van der Waals surface area contributed by atoms with Crippen molar-refractivity contribution in [1.82, 2.24) is 0 Å². The lowest BCUT2D eigenvalue weighted by molar-refractivity contribution is -0.0916. The van der Waals surface area contributed by atoms with Crippen molar-refractivity contribution >= 4 is 6.16 Å². The molecule has 0 aromatic rings. The zero-order valence-corrected chi connectivity index (χ0v) is 14.9. The van der Waals surface area contributed by atoms with E-state index < -0.39 is 12.4 Å². The molecule has 0 aromatic heterocycles. The van der Waals surface area contributed by atoms with Gasteiger partial charge in [-0.2, -0.15) is 0 Å². The summed E-state index contributed by atoms with van der Waals surface area (Å²) in [6.07, 6.45) is 14.4. The molecule has 0 aliphatic rings. The first-order chi connectivity index (χ1) is 10.7. The highest BCUT2D eigenvalue weighted by Crippen LogP contribution is 2.12. The van der Waals surface area contributed by atoms with E-state index in [4.69, 9.17) is 14.2 Å². The Kier molecular flexibility index (Phi) is 16.0. The van der Waals surface area contributed by atoms with E-state index in [0.29, 0.717) is 6.61 Å². The zero-order valence-electron chi connectivity index (χ0n) is 14.9. The minimum atomic E-state index is -0.641. The molecule has 0 radical (unpaired) electrons. The number of ether oxygens (including phenoxy) is 3. The van der Waals surface area contributed by atoms with Crippen molar-refractivity contribution in [3.8, 4) is 0 Å². The summed E-state index contributed by atoms with van der Waals surface area (Å²) in [6.45, 7) is 4.35. The molecule has 132 valence electrons. The van der Waals surface area contributed by atoms with E-state index in [0.717, 1.165) is 12.8 Å². The molecule has 22 heavy (non-hydrogen) atoms. The van der Waals surface area contributed by atoms with Gasteiger partial charge < -0.3 is 14.2 Å². The molecule has 1 unspecified atom stereocenters. The molecular weight excluding hydrogens is 280 g/mol. The highest BCUT2D eigenvalue weighted by atomic mass is 16.8. The summed E-state index contributed by atoms with van der Waals surface area (Å²) in [5.74, 6) is 0. The van der Waals surface area contributed by atoms with Gasteiger partial charge in [0, 0.05) is 7.11 Å². The zero-order chi connectivity index (χ0) is 16.5. The summed E-state index contributed by atoms with van der Waals surface area (Å²) < 4.78 is 14.6. The summed E-state index contributed by atoms with van der Waals surface area (Å²) in [5, 5.41) is 0. The molecule has 0 spiro atoms. The fourth-order valence-electron chi connectivity index (χ4n) is 2.32. The molecule has 0 heterocycles. The Morgan fingerprint density at radius 2 is 1.27 bits per heavy atom. The van der Waals surface area contributed by atoms with Gasteiger partial charge in [0.25, 0.3) is 0 Å². The Morgan fingerprint density at radius 1 is 0.818 bits per heavy atom. The minimum Gasteiger partial charge on any atom is -0.434 e. The number of hydrogen-bond donors (Lipinski definition) is 0. The monoisotopic (exact) mass is 316 g/mol. The Balaban J connectivity index is 3.12. The normalized spacial score (nSPS) is 12.1. The van der Waals surface area contributed by atoms with Crippen molar-refractivity contribution in [3.63, 3.8) is 0 Å². The van der Waals surface area contributed by atoms with E-state index in [-0.39, 0.29) is 0 Å². The lowest BCUT2D eigenvalue weighted by Crippen LogP contribution is -2.17. The molecule has 0 bridgehead atoms. The molecule has 1 atom stereocenters. The van der Waals surface area contributed by atoms with Gasteiger partial charge in [-0.3, -0.25) is 0 Å². The number of rotatable bonds is 15. The third kappa shape index (κ3) is 15.6. The maximum absolute atomic E-state index is 11.2. The molecule has 4 nitrogen and oxygen atoms in total. The van der Waals surface area contributed by atoms with Crippen molar-refractivity contribution in [2.45, 2.75) is 97.2 Å². The highest BCUT2D eigenvalue weighted by molar-refractivity contribution is 5.59. The van der Waals surface area contributed by atoms with E-state index in [1.165, 1.54) is 71.3 Å². The van der Waals surface area contributed by atoms with Gasteiger partial charge in [0.1, 0.15) is 0 Å². The van der Waals surface area contributed by atoms with Crippen LogP contribution in [0.25, 0.3) is 0 Å². The second-order valence-electron chi connectivity index (χ2n) is 5.91. The van der Waals surface area contributed by atoms with Crippen LogP contribution in [0.3, 0.4) is 0 Å². The molecular formula is C18H36O4. The first-order valence-corrected chi connectivity index (χ1v) is 9.07. The summed E-state index contributed by atoms with van der Waals surface area (Å²) >= 11 is 0. The predicted octanol–water partition coefficient (Wildman–Crippen LogP) is 5.83. The Bertz CT molecular complexity index is 243. The molecule has 0 aliphatic carbocycles. The summed E-state index contributed by atoms with van der Waals surface area (Å²) in [6, 6.07) is 0. The molecule has 0 rings (SSSR count). The van der Waals surface area contributed by atoms with Crippen LogP contribution in [0, 0.1) is 0 Å². The van der Waals surface area contributed by atoms with Crippen LogP contribution in [0.5, 0.6) is 0 Å². The lowest BCUT2D eigenvalue weighted by Gasteiger charge is -2.10. The van der Waals surface area contributed by atoms with E-state index in [2.05, 4.69) is 6.92 Å². The second kappa shape index (κ2) is 16.6. The van der Waals surface area contributed by atoms with Crippen LogP contribution in [0.1, 0.15) is 90.9 Å². The third-order valence-corrected chi connectivity index (χ3v) is 3.81. The smallest absolute Gasteiger partial charge is 0.434 e. The second-order valence-corrected chi connectivity index (χ2v) is 5.91. The van der Waals surface area contributed by atoms with E-state index in [1.807, 2.05) is 0 Å². The van der Waals surface area contributed by atoms with E-state index in [9.17, 15) is 4.79 Å². The number of carbonyl (C=O) groups excluding carboxylic acids is 1.